The fraction of sp³-hybridized carbons (Fsp3) is 0.500. The molecule has 0 radical (unpaired) electrons. The molecule has 130 valence electrons. The molecule has 23 heavy (non-hydrogen) atoms. The largest absolute Gasteiger partial charge is 0.357 e. The van der Waals surface area contributed by atoms with Gasteiger partial charge in [0.2, 0.25) is 9.70 Å². The van der Waals surface area contributed by atoms with Crippen LogP contribution in [-0.2, 0) is 24.8 Å². The molecule has 5 nitrogen and oxygen atoms in total. The maximum atomic E-state index is 12.8. The van der Waals surface area contributed by atoms with Crippen LogP contribution in [-0.4, -0.2) is 28.7 Å². The van der Waals surface area contributed by atoms with E-state index in [9.17, 15) is 9.36 Å². The first-order valence-corrected chi connectivity index (χ1v) is 9.76. The molecule has 0 aliphatic heterocycles. The van der Waals surface area contributed by atoms with E-state index in [2.05, 4.69) is 5.32 Å². The maximum absolute atomic E-state index is 12.8. The third kappa shape index (κ3) is 6.61. The first-order chi connectivity index (χ1) is 10.7. The predicted molar refractivity (Wildman–Crippen MR) is 93.2 cm³/mol. The lowest BCUT2D eigenvalue weighted by Crippen LogP contribution is -2.45. The zero-order valence-corrected chi connectivity index (χ0v) is 16.0. The van der Waals surface area contributed by atoms with Crippen molar-refractivity contribution in [1.82, 2.24) is 5.32 Å². The summed E-state index contributed by atoms with van der Waals surface area (Å²) in [4.78, 5) is 12.2. The van der Waals surface area contributed by atoms with Crippen LogP contribution in [0.5, 0.6) is 0 Å². The Morgan fingerprint density at radius 1 is 1.17 bits per heavy atom. The zero-order chi connectivity index (χ0) is 17.5. The predicted octanol–water partition coefficient (Wildman–Crippen LogP) is 4.31. The van der Waals surface area contributed by atoms with Crippen molar-refractivity contribution < 1.29 is 18.4 Å². The summed E-state index contributed by atoms with van der Waals surface area (Å²) in [6, 6.07) is 9.02. The van der Waals surface area contributed by atoms with Crippen LogP contribution in [0.4, 0.5) is 0 Å². The van der Waals surface area contributed by atoms with Crippen molar-refractivity contribution in [1.29, 1.82) is 0 Å². The Morgan fingerprint density at radius 2 is 1.70 bits per heavy atom. The van der Waals surface area contributed by atoms with Gasteiger partial charge in [-0.3, -0.25) is 9.36 Å². The van der Waals surface area contributed by atoms with Crippen LogP contribution in [0.25, 0.3) is 0 Å². The number of rotatable bonds is 8. The maximum Gasteiger partial charge on any atom is 0.357 e. The van der Waals surface area contributed by atoms with E-state index in [1.165, 1.54) is 0 Å². The number of benzene rings is 1. The molecule has 0 saturated carbocycles. The monoisotopic (exact) mass is 401 g/mol. The molecule has 0 fully saturated rings. The molecule has 0 aliphatic carbocycles. The molecule has 0 aliphatic rings. The van der Waals surface area contributed by atoms with E-state index in [-0.39, 0.29) is 19.6 Å². The van der Waals surface area contributed by atoms with Crippen LogP contribution in [0.3, 0.4) is 0 Å². The SMILES string of the molecule is CCOP(=O)(OCC)C(NC(=O)Cc1ccccc1)C(Cl)(Cl)Cl. The van der Waals surface area contributed by atoms with Gasteiger partial charge >= 0.3 is 7.60 Å². The number of alkyl halides is 3. The molecule has 9 heteroatoms. The highest BCUT2D eigenvalue weighted by molar-refractivity contribution is 7.55. The second kappa shape index (κ2) is 9.26. The topological polar surface area (TPSA) is 64.6 Å². The van der Waals surface area contributed by atoms with Crippen LogP contribution >= 0.6 is 42.4 Å². The summed E-state index contributed by atoms with van der Waals surface area (Å²) in [5.41, 5.74) is 0.774. The Labute approximate surface area is 151 Å². The lowest BCUT2D eigenvalue weighted by atomic mass is 10.1. The van der Waals surface area contributed by atoms with Gasteiger partial charge in [0.1, 0.15) is 0 Å². The third-order valence-electron chi connectivity index (χ3n) is 2.75. The fourth-order valence-corrected chi connectivity index (χ4v) is 4.86. The summed E-state index contributed by atoms with van der Waals surface area (Å²) in [7, 11) is -3.84. The number of hydrogen-bond acceptors (Lipinski definition) is 4. The van der Waals surface area contributed by atoms with Crippen LogP contribution in [0.15, 0.2) is 30.3 Å². The van der Waals surface area contributed by atoms with Gasteiger partial charge in [0, 0.05) is 0 Å². The number of hydrogen-bond donors (Lipinski definition) is 1. The first-order valence-electron chi connectivity index (χ1n) is 7.01. The molecule has 1 N–H and O–H groups in total. The first kappa shape index (κ1) is 20.8. The Balaban J connectivity index is 2.94. The molecule has 0 heterocycles. The van der Waals surface area contributed by atoms with Gasteiger partial charge in [0.05, 0.1) is 19.6 Å². The molecule has 1 rings (SSSR count). The van der Waals surface area contributed by atoms with E-state index in [1.54, 1.807) is 38.1 Å². The van der Waals surface area contributed by atoms with Crippen LogP contribution in [0, 0.1) is 0 Å². The van der Waals surface area contributed by atoms with E-state index >= 15 is 0 Å². The Morgan fingerprint density at radius 3 is 2.13 bits per heavy atom. The number of carbonyl (C=O) groups excluding carboxylic acids is 1. The van der Waals surface area contributed by atoms with Gasteiger partial charge in [-0.05, 0) is 19.4 Å². The Kier molecular flexibility index (Phi) is 8.36. The van der Waals surface area contributed by atoms with Gasteiger partial charge in [0.25, 0.3) is 0 Å². The van der Waals surface area contributed by atoms with Crippen molar-refractivity contribution in [2.24, 2.45) is 0 Å². The number of halogens is 3. The second-order valence-electron chi connectivity index (χ2n) is 4.55. The zero-order valence-electron chi connectivity index (χ0n) is 12.8. The number of nitrogens with one attached hydrogen (secondary N) is 1. The molecule has 0 saturated heterocycles. The summed E-state index contributed by atoms with van der Waals surface area (Å²) in [6.45, 7) is 3.44. The molecule has 0 spiro atoms. The van der Waals surface area contributed by atoms with E-state index in [4.69, 9.17) is 43.9 Å². The van der Waals surface area contributed by atoms with E-state index < -0.39 is 23.1 Å². The molecule has 1 amide bonds. The third-order valence-corrected chi connectivity index (χ3v) is 6.25. The summed E-state index contributed by atoms with van der Waals surface area (Å²) in [6.07, 6.45) is 0.0519. The highest BCUT2D eigenvalue weighted by Crippen LogP contribution is 2.58. The lowest BCUT2D eigenvalue weighted by Gasteiger charge is -2.31. The van der Waals surface area contributed by atoms with Crippen molar-refractivity contribution in [3.8, 4) is 0 Å². The summed E-state index contributed by atoms with van der Waals surface area (Å²) in [5.74, 6) is -1.86. The van der Waals surface area contributed by atoms with Gasteiger partial charge in [-0.2, -0.15) is 0 Å². The minimum atomic E-state index is -3.84. The average Bonchev–Trinajstić information content (AvgIpc) is 2.45. The van der Waals surface area contributed by atoms with E-state index in [0.717, 1.165) is 5.56 Å². The van der Waals surface area contributed by atoms with Gasteiger partial charge in [0.15, 0.2) is 5.78 Å². The highest BCUT2D eigenvalue weighted by atomic mass is 35.6. The van der Waals surface area contributed by atoms with Crippen LogP contribution in [0.1, 0.15) is 19.4 Å². The van der Waals surface area contributed by atoms with Gasteiger partial charge in [-0.25, -0.2) is 0 Å². The Bertz CT molecular complexity index is 541. The summed E-state index contributed by atoms with van der Waals surface area (Å²) < 4.78 is 21.1. The van der Waals surface area contributed by atoms with Crippen molar-refractivity contribution in [3.63, 3.8) is 0 Å². The Hall–Kier alpha value is -0.290. The van der Waals surface area contributed by atoms with Crippen molar-refractivity contribution in [2.75, 3.05) is 13.2 Å². The number of carbonyl (C=O) groups is 1. The van der Waals surface area contributed by atoms with E-state index in [0.29, 0.717) is 0 Å². The number of amides is 1. The second-order valence-corrected chi connectivity index (χ2v) is 9.03. The van der Waals surface area contributed by atoms with Crippen LogP contribution < -0.4 is 5.32 Å². The smallest absolute Gasteiger partial charge is 0.338 e. The van der Waals surface area contributed by atoms with Gasteiger partial charge in [-0.15, -0.1) is 0 Å². The summed E-state index contributed by atoms with van der Waals surface area (Å²) >= 11 is 17.7. The fourth-order valence-electron chi connectivity index (χ4n) is 1.87. The molecule has 1 aromatic carbocycles. The minimum absolute atomic E-state index is 0.0519. The minimum Gasteiger partial charge on any atom is -0.338 e. The molecular weight excluding hydrogens is 383 g/mol. The molecule has 0 bridgehead atoms. The van der Waals surface area contributed by atoms with Crippen molar-refractivity contribution in [3.05, 3.63) is 35.9 Å². The molecular formula is C14H19Cl3NO4P. The van der Waals surface area contributed by atoms with Crippen molar-refractivity contribution in [2.45, 2.75) is 29.8 Å². The molecule has 1 atom stereocenters. The van der Waals surface area contributed by atoms with E-state index in [1.807, 2.05) is 6.07 Å². The standard InChI is InChI=1S/C14H19Cl3NO4P/c1-3-21-23(20,22-4-2)13(14(15,16)17)18-12(19)10-11-8-6-5-7-9-11/h5-9,13H,3-4,10H2,1-2H3,(H,18,19). The van der Waals surface area contributed by atoms with Crippen molar-refractivity contribution >= 4 is 48.3 Å². The van der Waals surface area contributed by atoms with Crippen LogP contribution in [0.2, 0.25) is 0 Å². The molecule has 1 unspecified atom stereocenters. The van der Waals surface area contributed by atoms with Gasteiger partial charge < -0.3 is 14.4 Å². The quantitative estimate of drug-likeness (QED) is 0.520. The molecule has 1 aromatic rings. The normalized spacial score (nSPS) is 13.6. The summed E-state index contributed by atoms with van der Waals surface area (Å²) in [5, 5.41) is 2.47. The molecule has 0 aromatic heterocycles. The lowest BCUT2D eigenvalue weighted by molar-refractivity contribution is -0.120. The van der Waals surface area contributed by atoms with Gasteiger partial charge in [-0.1, -0.05) is 65.1 Å². The average molecular weight is 403 g/mol. The highest BCUT2D eigenvalue weighted by Gasteiger charge is 2.49.